The van der Waals surface area contributed by atoms with Crippen LogP contribution in [0.1, 0.15) is 20.7 Å². The van der Waals surface area contributed by atoms with Gasteiger partial charge < -0.3 is 10.2 Å². The van der Waals surface area contributed by atoms with Gasteiger partial charge >= 0.3 is 11.9 Å². The molecule has 2 N–H and O–H groups in total. The zero-order valence-electron chi connectivity index (χ0n) is 21.0. The van der Waals surface area contributed by atoms with E-state index < -0.39 is 17.8 Å². The lowest BCUT2D eigenvalue weighted by Crippen LogP contribution is -2.49. The third-order valence-corrected chi connectivity index (χ3v) is 6.63. The third kappa shape index (κ3) is 8.21. The van der Waals surface area contributed by atoms with Crippen molar-refractivity contribution < 1.29 is 34.2 Å². The fraction of sp³-hybridized carbons (Fsp3) is 0.542. The maximum atomic E-state index is 12.7. The molecule has 0 aliphatic carbocycles. The summed E-state index contributed by atoms with van der Waals surface area (Å²) in [5.41, 5.74) is 0.721. The van der Waals surface area contributed by atoms with E-state index in [1.165, 1.54) is 4.90 Å². The minimum absolute atomic E-state index is 0.138. The number of hydrogen-bond acceptors (Lipinski definition) is 10. The van der Waals surface area contributed by atoms with Crippen LogP contribution in [-0.4, -0.2) is 149 Å². The van der Waals surface area contributed by atoms with Crippen LogP contribution in [0.4, 0.5) is 0 Å². The average molecular weight is 533 g/mol. The van der Waals surface area contributed by atoms with Crippen LogP contribution >= 0.6 is 0 Å². The number of nitrogens with zero attached hydrogens (tertiary/aromatic N) is 6. The standard InChI is InChI=1S/C24H32N6O8/c31-20(25-38)15-27-9-11-28(16-21(32)33)7-5-26(6-8-29(12-10-27)17-22(34)35)13-14-30-23(36)18-3-1-2-4-19(18)24(30)37/h1-4H,5-17H2,(H,32,33)(H,34,35). The van der Waals surface area contributed by atoms with E-state index in [1.54, 1.807) is 39.0 Å². The number of imide groups is 1. The van der Waals surface area contributed by atoms with E-state index in [9.17, 15) is 39.1 Å². The summed E-state index contributed by atoms with van der Waals surface area (Å²) in [4.78, 5) is 78.9. The van der Waals surface area contributed by atoms with Gasteiger partial charge in [0.25, 0.3) is 17.7 Å². The van der Waals surface area contributed by atoms with Crippen molar-refractivity contribution in [3.05, 3.63) is 40.3 Å². The number of carboxylic acids is 2. The fourth-order valence-electron chi connectivity index (χ4n) is 4.56. The number of carbonyl (C=O) groups excluding carboxylic acids is 3. The average Bonchev–Trinajstić information content (AvgIpc) is 3.12. The molecule has 206 valence electrons. The molecule has 3 amide bonds. The highest BCUT2D eigenvalue weighted by molar-refractivity contribution is 6.21. The number of fused-ring (bicyclic) bond motifs is 1. The summed E-state index contributed by atoms with van der Waals surface area (Å²) in [6.07, 6.45) is 0. The number of carboxylic acid groups (broad SMARTS) is 2. The molecule has 2 aliphatic heterocycles. The van der Waals surface area contributed by atoms with Gasteiger partial charge in [0.2, 0.25) is 0 Å². The second-order valence-electron chi connectivity index (χ2n) is 9.25. The molecule has 1 saturated heterocycles. The van der Waals surface area contributed by atoms with Crippen molar-refractivity contribution >= 4 is 29.7 Å². The largest absolute Gasteiger partial charge is 0.480 e. The molecule has 0 saturated carbocycles. The van der Waals surface area contributed by atoms with Crippen molar-refractivity contribution in [1.29, 1.82) is 0 Å². The van der Waals surface area contributed by atoms with Gasteiger partial charge in [-0.1, -0.05) is 12.1 Å². The van der Waals surface area contributed by atoms with Crippen molar-refractivity contribution in [2.24, 2.45) is 5.18 Å². The van der Waals surface area contributed by atoms with Gasteiger partial charge in [-0.2, -0.15) is 0 Å². The maximum absolute atomic E-state index is 12.7. The molecule has 0 atom stereocenters. The van der Waals surface area contributed by atoms with Crippen LogP contribution in [0.3, 0.4) is 0 Å². The van der Waals surface area contributed by atoms with Crippen LogP contribution in [0.2, 0.25) is 0 Å². The Morgan fingerprint density at radius 1 is 0.658 bits per heavy atom. The number of nitroso groups, excluding NO2 is 1. The van der Waals surface area contributed by atoms with Gasteiger partial charge in [-0.05, 0) is 12.1 Å². The van der Waals surface area contributed by atoms with Crippen LogP contribution in [0.25, 0.3) is 0 Å². The lowest BCUT2D eigenvalue weighted by molar-refractivity contribution is -0.139. The van der Waals surface area contributed by atoms with Crippen molar-refractivity contribution in [2.75, 3.05) is 85.1 Å². The molecular weight excluding hydrogens is 500 g/mol. The first-order chi connectivity index (χ1) is 18.2. The molecule has 2 heterocycles. The van der Waals surface area contributed by atoms with Gasteiger partial charge in [0.1, 0.15) is 0 Å². The molecule has 14 heteroatoms. The third-order valence-electron chi connectivity index (χ3n) is 6.63. The predicted octanol–water partition coefficient (Wildman–Crippen LogP) is -1.03. The Balaban J connectivity index is 1.71. The first-order valence-corrected chi connectivity index (χ1v) is 12.3. The van der Waals surface area contributed by atoms with Gasteiger partial charge in [0, 0.05) is 70.6 Å². The highest BCUT2D eigenvalue weighted by Crippen LogP contribution is 2.22. The molecule has 0 radical (unpaired) electrons. The fourth-order valence-corrected chi connectivity index (χ4v) is 4.56. The van der Waals surface area contributed by atoms with Crippen molar-refractivity contribution in [3.8, 4) is 0 Å². The van der Waals surface area contributed by atoms with E-state index in [2.05, 4.69) is 5.18 Å². The molecule has 2 aliphatic rings. The summed E-state index contributed by atoms with van der Waals surface area (Å²) < 4.78 is 0. The molecule has 0 bridgehead atoms. The molecule has 0 aromatic heterocycles. The van der Waals surface area contributed by atoms with E-state index in [4.69, 9.17) is 0 Å². The lowest BCUT2D eigenvalue weighted by Gasteiger charge is -2.33. The van der Waals surface area contributed by atoms with Crippen molar-refractivity contribution in [1.82, 2.24) is 24.5 Å². The molecule has 0 spiro atoms. The smallest absolute Gasteiger partial charge is 0.317 e. The second-order valence-corrected chi connectivity index (χ2v) is 9.25. The Morgan fingerprint density at radius 3 is 1.45 bits per heavy atom. The monoisotopic (exact) mass is 532 g/mol. The number of aliphatic carboxylic acids is 2. The van der Waals surface area contributed by atoms with E-state index in [0.717, 1.165) is 0 Å². The zero-order valence-corrected chi connectivity index (χ0v) is 21.0. The zero-order chi connectivity index (χ0) is 27.7. The summed E-state index contributed by atoms with van der Waals surface area (Å²) in [7, 11) is 0. The quantitative estimate of drug-likeness (QED) is 0.293. The van der Waals surface area contributed by atoms with Crippen LogP contribution in [0, 0.1) is 4.91 Å². The van der Waals surface area contributed by atoms with Gasteiger partial charge in [-0.3, -0.25) is 48.5 Å². The number of carbonyl (C=O) groups is 5. The van der Waals surface area contributed by atoms with Gasteiger partial charge in [0.05, 0.1) is 30.8 Å². The number of rotatable bonds is 9. The highest BCUT2D eigenvalue weighted by Gasteiger charge is 2.35. The first-order valence-electron chi connectivity index (χ1n) is 12.3. The van der Waals surface area contributed by atoms with Crippen LogP contribution < -0.4 is 0 Å². The minimum atomic E-state index is -1.01. The Morgan fingerprint density at radius 2 is 1.05 bits per heavy atom. The maximum Gasteiger partial charge on any atom is 0.317 e. The Hall–Kier alpha value is -3.59. The number of benzene rings is 1. The molecule has 1 aromatic carbocycles. The van der Waals surface area contributed by atoms with Crippen LogP contribution in [0.15, 0.2) is 29.4 Å². The summed E-state index contributed by atoms with van der Waals surface area (Å²) in [6.45, 7) is 2.44. The van der Waals surface area contributed by atoms with E-state index in [0.29, 0.717) is 56.9 Å². The van der Waals surface area contributed by atoms with Gasteiger partial charge in [-0.15, -0.1) is 4.91 Å². The normalized spacial score (nSPS) is 19.0. The summed E-state index contributed by atoms with van der Waals surface area (Å²) >= 11 is 0. The van der Waals surface area contributed by atoms with Crippen LogP contribution in [-0.2, 0) is 14.4 Å². The molecule has 1 aromatic rings. The number of amides is 3. The second kappa shape index (κ2) is 13.8. The van der Waals surface area contributed by atoms with Crippen molar-refractivity contribution in [2.45, 2.75) is 0 Å². The molecular formula is C24H32N6O8. The van der Waals surface area contributed by atoms with E-state index >= 15 is 0 Å². The van der Waals surface area contributed by atoms with Gasteiger partial charge in [-0.25, -0.2) is 0 Å². The van der Waals surface area contributed by atoms with Gasteiger partial charge in [0.15, 0.2) is 0 Å². The minimum Gasteiger partial charge on any atom is -0.480 e. The molecule has 38 heavy (non-hydrogen) atoms. The molecule has 1 fully saturated rings. The first kappa shape index (κ1) is 29.0. The summed E-state index contributed by atoms with van der Waals surface area (Å²) in [5.74, 6) is -3.61. The Bertz CT molecular complexity index is 999. The molecule has 0 unspecified atom stereocenters. The molecule has 14 nitrogen and oxygen atoms in total. The highest BCUT2D eigenvalue weighted by atomic mass is 16.4. The molecule has 3 rings (SSSR count). The lowest BCUT2D eigenvalue weighted by atomic mass is 10.1. The SMILES string of the molecule is O=NC(=O)CN1CCN(CC(=O)O)CCN(CCN2C(=O)c3ccccc3C2=O)CCN(CC(=O)O)CC1. The summed E-state index contributed by atoms with van der Waals surface area (Å²) in [5, 5.41) is 21.1. The Labute approximate surface area is 219 Å². The van der Waals surface area contributed by atoms with E-state index in [1.807, 2.05) is 4.90 Å². The topological polar surface area (TPSA) is 171 Å². The van der Waals surface area contributed by atoms with E-state index in [-0.39, 0.29) is 51.1 Å². The van der Waals surface area contributed by atoms with Crippen molar-refractivity contribution in [3.63, 3.8) is 0 Å². The predicted molar refractivity (Wildman–Crippen MR) is 134 cm³/mol. The summed E-state index contributed by atoms with van der Waals surface area (Å²) in [6, 6.07) is 6.62. The number of hydrogen-bond donors (Lipinski definition) is 2. The Kier molecular flexibility index (Phi) is 10.5. The van der Waals surface area contributed by atoms with Crippen LogP contribution in [0.5, 0.6) is 0 Å².